The third-order valence-corrected chi connectivity index (χ3v) is 5.30. The molecule has 32 heavy (non-hydrogen) atoms. The number of hydrogen-bond donors (Lipinski definition) is 1. The Morgan fingerprint density at radius 2 is 1.66 bits per heavy atom. The van der Waals surface area contributed by atoms with Crippen molar-refractivity contribution in [2.24, 2.45) is 0 Å². The summed E-state index contributed by atoms with van der Waals surface area (Å²) in [6.45, 7) is 4.03. The molecule has 2 aromatic carbocycles. The zero-order valence-electron chi connectivity index (χ0n) is 18.9. The second kappa shape index (κ2) is 10.1. The van der Waals surface area contributed by atoms with Crippen molar-refractivity contribution in [2.45, 2.75) is 26.4 Å². The van der Waals surface area contributed by atoms with E-state index in [1.807, 2.05) is 30.3 Å². The summed E-state index contributed by atoms with van der Waals surface area (Å²) in [5.41, 5.74) is 2.41. The van der Waals surface area contributed by atoms with Crippen LogP contribution in [0.4, 0.5) is 4.79 Å². The summed E-state index contributed by atoms with van der Waals surface area (Å²) in [5.74, 6) is 0.763. The molecule has 0 saturated carbocycles. The van der Waals surface area contributed by atoms with Crippen LogP contribution >= 0.6 is 0 Å². The molecule has 0 aromatic heterocycles. The number of ether oxygens (including phenoxy) is 4. The number of nitrogens with zero attached hydrogens (tertiary/aromatic N) is 1. The third kappa shape index (κ3) is 4.49. The molecule has 0 aliphatic carbocycles. The molecule has 0 bridgehead atoms. The number of urea groups is 1. The number of amides is 2. The van der Waals surface area contributed by atoms with E-state index >= 15 is 0 Å². The first kappa shape index (κ1) is 23.0. The van der Waals surface area contributed by atoms with Crippen LogP contribution < -0.4 is 19.5 Å². The molecule has 1 aliphatic rings. The Bertz CT molecular complexity index is 993. The highest BCUT2D eigenvalue weighted by atomic mass is 16.5. The van der Waals surface area contributed by atoms with Gasteiger partial charge in [0.25, 0.3) is 0 Å². The molecule has 2 aromatic rings. The van der Waals surface area contributed by atoms with Crippen LogP contribution in [-0.4, -0.2) is 44.8 Å². The van der Waals surface area contributed by atoms with Crippen molar-refractivity contribution in [1.82, 2.24) is 10.2 Å². The van der Waals surface area contributed by atoms with Crippen molar-refractivity contribution >= 4 is 12.0 Å². The summed E-state index contributed by atoms with van der Waals surface area (Å²) in [7, 11) is 4.53. The van der Waals surface area contributed by atoms with Crippen molar-refractivity contribution in [2.75, 3.05) is 27.9 Å². The predicted molar refractivity (Wildman–Crippen MR) is 119 cm³/mol. The maximum atomic E-state index is 13.1. The molecule has 2 amide bonds. The molecule has 0 radical (unpaired) electrons. The maximum absolute atomic E-state index is 13.1. The van der Waals surface area contributed by atoms with Crippen molar-refractivity contribution in [3.63, 3.8) is 0 Å². The number of methoxy groups -OCH3 is 3. The molecule has 0 spiro atoms. The van der Waals surface area contributed by atoms with Crippen LogP contribution in [0.5, 0.6) is 17.2 Å². The minimum atomic E-state index is -0.748. The summed E-state index contributed by atoms with van der Waals surface area (Å²) >= 11 is 0. The lowest BCUT2D eigenvalue weighted by atomic mass is 9.94. The number of hydrogen-bond acceptors (Lipinski definition) is 6. The average molecular weight is 440 g/mol. The molecular weight excluding hydrogens is 412 g/mol. The van der Waals surface area contributed by atoms with Gasteiger partial charge < -0.3 is 24.3 Å². The first-order chi connectivity index (χ1) is 15.4. The molecule has 1 unspecified atom stereocenters. The Morgan fingerprint density at radius 3 is 2.19 bits per heavy atom. The smallest absolute Gasteiger partial charge is 0.338 e. The first-order valence-electron chi connectivity index (χ1n) is 10.2. The van der Waals surface area contributed by atoms with Gasteiger partial charge in [0.2, 0.25) is 5.75 Å². The number of nitrogens with one attached hydrogen (secondary N) is 1. The maximum Gasteiger partial charge on any atom is 0.338 e. The van der Waals surface area contributed by atoms with E-state index in [0.29, 0.717) is 40.6 Å². The molecular formula is C24H28N2O6. The molecule has 1 atom stereocenters. The van der Waals surface area contributed by atoms with E-state index in [4.69, 9.17) is 18.9 Å². The van der Waals surface area contributed by atoms with Crippen molar-refractivity contribution in [1.29, 1.82) is 0 Å². The van der Waals surface area contributed by atoms with Crippen LogP contribution in [0.1, 0.15) is 31.0 Å². The standard InChI is InChI=1S/C24H28N2O6/c1-6-32-23(27)20-15(2)26(14-16-10-8-7-9-11-16)24(28)25-21(20)17-12-18(29-3)22(31-5)19(13-17)30-4/h7-13,21H,6,14H2,1-5H3,(H,25,28). The number of rotatable bonds is 8. The lowest BCUT2D eigenvalue weighted by Gasteiger charge is -2.35. The monoisotopic (exact) mass is 440 g/mol. The highest BCUT2D eigenvalue weighted by Gasteiger charge is 2.37. The molecule has 0 fully saturated rings. The molecule has 0 saturated heterocycles. The van der Waals surface area contributed by atoms with Gasteiger partial charge >= 0.3 is 12.0 Å². The first-order valence-corrected chi connectivity index (χ1v) is 10.2. The Hall–Kier alpha value is -3.68. The quantitative estimate of drug-likeness (QED) is 0.628. The molecule has 3 rings (SSSR count). The Balaban J connectivity index is 2.11. The lowest BCUT2D eigenvalue weighted by Crippen LogP contribution is -2.47. The number of carbonyl (C=O) groups is 2. The van der Waals surface area contributed by atoms with Gasteiger partial charge in [-0.3, -0.25) is 4.90 Å². The van der Waals surface area contributed by atoms with Gasteiger partial charge in [-0.05, 0) is 37.1 Å². The molecule has 8 nitrogen and oxygen atoms in total. The van der Waals surface area contributed by atoms with Crippen LogP contribution in [0.3, 0.4) is 0 Å². The number of carbonyl (C=O) groups excluding carboxylic acids is 2. The minimum Gasteiger partial charge on any atom is -0.493 e. The molecule has 170 valence electrons. The largest absolute Gasteiger partial charge is 0.493 e. The SMILES string of the molecule is CCOC(=O)C1=C(C)N(Cc2ccccc2)C(=O)NC1c1cc(OC)c(OC)c(OC)c1. The summed E-state index contributed by atoms with van der Waals surface area (Å²) in [6.07, 6.45) is 0. The highest BCUT2D eigenvalue weighted by Crippen LogP contribution is 2.42. The van der Waals surface area contributed by atoms with E-state index in [-0.39, 0.29) is 12.6 Å². The van der Waals surface area contributed by atoms with Crippen LogP contribution in [0.15, 0.2) is 53.7 Å². The van der Waals surface area contributed by atoms with Gasteiger partial charge in [-0.15, -0.1) is 0 Å². The van der Waals surface area contributed by atoms with E-state index in [1.54, 1.807) is 26.0 Å². The highest BCUT2D eigenvalue weighted by molar-refractivity contribution is 5.95. The Morgan fingerprint density at radius 1 is 1.03 bits per heavy atom. The fraction of sp³-hybridized carbons (Fsp3) is 0.333. The van der Waals surface area contributed by atoms with Crippen molar-refractivity contribution in [3.05, 3.63) is 64.9 Å². The second-order valence-corrected chi connectivity index (χ2v) is 7.13. The normalized spacial score (nSPS) is 15.8. The predicted octanol–water partition coefficient (Wildman–Crippen LogP) is 3.82. The van der Waals surface area contributed by atoms with Gasteiger partial charge in [-0.1, -0.05) is 30.3 Å². The minimum absolute atomic E-state index is 0.213. The van der Waals surface area contributed by atoms with E-state index in [0.717, 1.165) is 5.56 Å². The van der Waals surface area contributed by atoms with E-state index < -0.39 is 12.0 Å². The van der Waals surface area contributed by atoms with Gasteiger partial charge in [-0.2, -0.15) is 0 Å². The topological polar surface area (TPSA) is 86.3 Å². The van der Waals surface area contributed by atoms with Crippen molar-refractivity contribution < 1.29 is 28.5 Å². The van der Waals surface area contributed by atoms with Gasteiger partial charge in [0.1, 0.15) is 0 Å². The fourth-order valence-electron chi connectivity index (χ4n) is 3.73. The summed E-state index contributed by atoms with van der Waals surface area (Å²) in [5, 5.41) is 2.94. The van der Waals surface area contributed by atoms with E-state index in [1.165, 1.54) is 26.2 Å². The number of benzene rings is 2. The molecule has 8 heteroatoms. The van der Waals surface area contributed by atoms with Crippen LogP contribution in [0.2, 0.25) is 0 Å². The third-order valence-electron chi connectivity index (χ3n) is 5.30. The van der Waals surface area contributed by atoms with Gasteiger partial charge in [0, 0.05) is 5.70 Å². The lowest BCUT2D eigenvalue weighted by molar-refractivity contribution is -0.139. The fourth-order valence-corrected chi connectivity index (χ4v) is 3.73. The van der Waals surface area contributed by atoms with Gasteiger partial charge in [-0.25, -0.2) is 9.59 Å². The van der Waals surface area contributed by atoms with Gasteiger partial charge in [0.15, 0.2) is 11.5 Å². The second-order valence-electron chi connectivity index (χ2n) is 7.13. The molecule has 1 heterocycles. The van der Waals surface area contributed by atoms with E-state index in [2.05, 4.69) is 5.32 Å². The summed E-state index contributed by atoms with van der Waals surface area (Å²) in [4.78, 5) is 27.6. The zero-order chi connectivity index (χ0) is 23.3. The average Bonchev–Trinajstić information content (AvgIpc) is 2.81. The van der Waals surface area contributed by atoms with Crippen LogP contribution in [0, 0.1) is 0 Å². The van der Waals surface area contributed by atoms with E-state index in [9.17, 15) is 9.59 Å². The number of allylic oxidation sites excluding steroid dienone is 1. The summed E-state index contributed by atoms with van der Waals surface area (Å²) in [6, 6.07) is 11.9. The zero-order valence-corrected chi connectivity index (χ0v) is 18.9. The van der Waals surface area contributed by atoms with Crippen LogP contribution in [-0.2, 0) is 16.1 Å². The number of esters is 1. The van der Waals surface area contributed by atoms with Crippen molar-refractivity contribution in [3.8, 4) is 17.2 Å². The van der Waals surface area contributed by atoms with Gasteiger partial charge in [0.05, 0.1) is 46.1 Å². The Labute approximate surface area is 187 Å². The summed E-state index contributed by atoms with van der Waals surface area (Å²) < 4.78 is 21.6. The molecule has 1 N–H and O–H groups in total. The van der Waals surface area contributed by atoms with Crippen LogP contribution in [0.25, 0.3) is 0 Å². The molecule has 1 aliphatic heterocycles. The Kier molecular flexibility index (Phi) is 7.25.